The van der Waals surface area contributed by atoms with Crippen LogP contribution in [-0.2, 0) is 9.47 Å². The van der Waals surface area contributed by atoms with E-state index in [2.05, 4.69) is 17.1 Å². The lowest BCUT2D eigenvalue weighted by Crippen LogP contribution is -2.49. The minimum atomic E-state index is 0.261. The predicted octanol–water partition coefficient (Wildman–Crippen LogP) is 1.40. The fourth-order valence-corrected chi connectivity index (χ4v) is 2.44. The summed E-state index contributed by atoms with van der Waals surface area (Å²) in [7, 11) is 1.70. The van der Waals surface area contributed by atoms with Crippen LogP contribution in [0.25, 0.3) is 0 Å². The molecular formula is C12H24N2O2S. The third kappa shape index (κ3) is 5.19. The first-order valence-electron chi connectivity index (χ1n) is 6.33. The largest absolute Gasteiger partial charge is 0.383 e. The van der Waals surface area contributed by atoms with Crippen LogP contribution in [0.2, 0.25) is 0 Å². The van der Waals surface area contributed by atoms with Gasteiger partial charge in [-0.1, -0.05) is 0 Å². The predicted molar refractivity (Wildman–Crippen MR) is 73.3 cm³/mol. The Hall–Kier alpha value is -0.390. The molecule has 0 aromatic carbocycles. The molecule has 1 aliphatic heterocycles. The van der Waals surface area contributed by atoms with Crippen molar-refractivity contribution in [2.24, 2.45) is 0 Å². The third-order valence-corrected chi connectivity index (χ3v) is 3.29. The number of ether oxygens (including phenoxy) is 2. The lowest BCUT2D eigenvalue weighted by Gasteiger charge is -2.34. The van der Waals surface area contributed by atoms with Gasteiger partial charge >= 0.3 is 0 Å². The fourth-order valence-electron chi connectivity index (χ4n) is 2.05. The summed E-state index contributed by atoms with van der Waals surface area (Å²) < 4.78 is 10.7. The topological polar surface area (TPSA) is 33.7 Å². The van der Waals surface area contributed by atoms with Gasteiger partial charge in [0.2, 0.25) is 0 Å². The van der Waals surface area contributed by atoms with Crippen molar-refractivity contribution in [1.82, 2.24) is 10.2 Å². The maximum absolute atomic E-state index is 5.62. The highest BCUT2D eigenvalue weighted by Crippen LogP contribution is 2.13. The van der Waals surface area contributed by atoms with E-state index in [-0.39, 0.29) is 6.04 Å². The van der Waals surface area contributed by atoms with Crippen LogP contribution >= 0.6 is 12.2 Å². The molecule has 1 saturated heterocycles. The van der Waals surface area contributed by atoms with Crippen molar-refractivity contribution in [3.8, 4) is 0 Å². The van der Waals surface area contributed by atoms with Crippen LogP contribution in [0, 0.1) is 0 Å². The Morgan fingerprint density at radius 1 is 1.47 bits per heavy atom. The van der Waals surface area contributed by atoms with E-state index >= 15 is 0 Å². The van der Waals surface area contributed by atoms with Crippen LogP contribution < -0.4 is 5.32 Å². The van der Waals surface area contributed by atoms with Crippen LogP contribution in [0.1, 0.15) is 26.7 Å². The molecule has 0 bridgehead atoms. The number of hydrogen-bond donors (Lipinski definition) is 1. The second-order valence-electron chi connectivity index (χ2n) is 4.45. The Morgan fingerprint density at radius 2 is 2.12 bits per heavy atom. The molecule has 1 aliphatic rings. The zero-order valence-electron chi connectivity index (χ0n) is 11.1. The van der Waals surface area contributed by atoms with Gasteiger partial charge in [0, 0.05) is 32.8 Å². The van der Waals surface area contributed by atoms with E-state index in [1.54, 1.807) is 7.11 Å². The van der Waals surface area contributed by atoms with Gasteiger partial charge < -0.3 is 19.7 Å². The van der Waals surface area contributed by atoms with Gasteiger partial charge in [-0.25, -0.2) is 0 Å². The molecule has 0 spiro atoms. The third-order valence-electron chi connectivity index (χ3n) is 2.92. The summed E-state index contributed by atoms with van der Waals surface area (Å²) in [5.74, 6) is 0. The summed E-state index contributed by atoms with van der Waals surface area (Å²) in [4.78, 5) is 2.22. The van der Waals surface area contributed by atoms with Gasteiger partial charge in [-0.2, -0.15) is 0 Å². The average Bonchev–Trinajstić information content (AvgIpc) is 2.30. The van der Waals surface area contributed by atoms with Crippen molar-refractivity contribution >= 4 is 17.3 Å². The van der Waals surface area contributed by atoms with Crippen molar-refractivity contribution in [2.75, 3.05) is 33.4 Å². The quantitative estimate of drug-likeness (QED) is 0.756. The number of nitrogens with zero attached hydrogens (tertiary/aromatic N) is 1. The van der Waals surface area contributed by atoms with Crippen LogP contribution in [0.3, 0.4) is 0 Å². The van der Waals surface area contributed by atoms with E-state index in [0.717, 1.165) is 37.7 Å². The summed E-state index contributed by atoms with van der Waals surface area (Å²) in [6.45, 7) is 7.56. The van der Waals surface area contributed by atoms with Crippen LogP contribution in [-0.4, -0.2) is 55.6 Å². The van der Waals surface area contributed by atoms with Crippen molar-refractivity contribution < 1.29 is 9.47 Å². The van der Waals surface area contributed by atoms with Gasteiger partial charge in [0.05, 0.1) is 12.7 Å². The van der Waals surface area contributed by atoms with Crippen LogP contribution in [0.15, 0.2) is 0 Å². The van der Waals surface area contributed by atoms with Crippen molar-refractivity contribution in [2.45, 2.75) is 38.8 Å². The second-order valence-corrected chi connectivity index (χ2v) is 4.83. The van der Waals surface area contributed by atoms with Crippen LogP contribution in [0.5, 0.6) is 0 Å². The minimum Gasteiger partial charge on any atom is -0.383 e. The number of thiocarbonyl (C=S) groups is 1. The van der Waals surface area contributed by atoms with E-state index in [1.807, 2.05) is 6.92 Å². The van der Waals surface area contributed by atoms with Gasteiger partial charge in [0.1, 0.15) is 0 Å². The smallest absolute Gasteiger partial charge is 0.169 e. The summed E-state index contributed by atoms with van der Waals surface area (Å²) in [5.41, 5.74) is 0. The molecule has 0 aromatic heterocycles. The van der Waals surface area contributed by atoms with E-state index in [4.69, 9.17) is 21.7 Å². The molecular weight excluding hydrogens is 236 g/mol. The SMILES string of the molecule is CCOC1CCN(C(=S)NC(C)COC)CC1. The summed E-state index contributed by atoms with van der Waals surface area (Å²) >= 11 is 5.39. The molecule has 5 heteroatoms. The fraction of sp³-hybridized carbons (Fsp3) is 0.917. The number of rotatable bonds is 5. The zero-order chi connectivity index (χ0) is 12.7. The first-order valence-corrected chi connectivity index (χ1v) is 6.74. The number of hydrogen-bond acceptors (Lipinski definition) is 3. The van der Waals surface area contributed by atoms with E-state index in [9.17, 15) is 0 Å². The van der Waals surface area contributed by atoms with Gasteiger partial charge in [0.15, 0.2) is 5.11 Å². The Morgan fingerprint density at radius 3 is 2.65 bits per heavy atom. The van der Waals surface area contributed by atoms with E-state index < -0.39 is 0 Å². The molecule has 1 heterocycles. The van der Waals surface area contributed by atoms with E-state index in [0.29, 0.717) is 12.7 Å². The molecule has 1 unspecified atom stereocenters. The van der Waals surface area contributed by atoms with E-state index in [1.165, 1.54) is 0 Å². The molecule has 1 rings (SSSR count). The highest BCUT2D eigenvalue weighted by Gasteiger charge is 2.21. The molecule has 0 aromatic rings. The number of piperidine rings is 1. The van der Waals surface area contributed by atoms with Crippen molar-refractivity contribution in [3.63, 3.8) is 0 Å². The standard InChI is InChI=1S/C12H24N2O2S/c1-4-16-11-5-7-14(8-6-11)12(17)13-10(2)9-15-3/h10-11H,4-9H2,1-3H3,(H,13,17). The Balaban J connectivity index is 2.25. The maximum atomic E-state index is 5.62. The van der Waals surface area contributed by atoms with Crippen LogP contribution in [0.4, 0.5) is 0 Å². The lowest BCUT2D eigenvalue weighted by atomic mass is 10.1. The highest BCUT2D eigenvalue weighted by molar-refractivity contribution is 7.80. The highest BCUT2D eigenvalue weighted by atomic mass is 32.1. The molecule has 1 fully saturated rings. The molecule has 1 atom stereocenters. The van der Waals surface area contributed by atoms with Gasteiger partial charge in [-0.15, -0.1) is 0 Å². The lowest BCUT2D eigenvalue weighted by molar-refractivity contribution is 0.0266. The number of likely N-dealkylation sites (tertiary alicyclic amines) is 1. The summed E-state index contributed by atoms with van der Waals surface area (Å²) in [6.07, 6.45) is 2.54. The Kier molecular flexibility index (Phi) is 6.77. The summed E-state index contributed by atoms with van der Waals surface area (Å²) in [5, 5.41) is 4.13. The summed E-state index contributed by atoms with van der Waals surface area (Å²) in [6, 6.07) is 0.261. The first-order chi connectivity index (χ1) is 8.17. The number of methoxy groups -OCH3 is 1. The molecule has 0 aliphatic carbocycles. The minimum absolute atomic E-state index is 0.261. The average molecular weight is 260 g/mol. The van der Waals surface area contributed by atoms with Crippen molar-refractivity contribution in [1.29, 1.82) is 0 Å². The maximum Gasteiger partial charge on any atom is 0.169 e. The normalized spacial score (nSPS) is 19.1. The first kappa shape index (κ1) is 14.7. The molecule has 0 radical (unpaired) electrons. The molecule has 0 amide bonds. The van der Waals surface area contributed by atoms with Gasteiger partial charge in [-0.3, -0.25) is 0 Å². The molecule has 17 heavy (non-hydrogen) atoms. The zero-order valence-corrected chi connectivity index (χ0v) is 11.9. The molecule has 100 valence electrons. The molecule has 0 saturated carbocycles. The Bertz CT molecular complexity index is 231. The molecule has 1 N–H and O–H groups in total. The monoisotopic (exact) mass is 260 g/mol. The Labute approximate surface area is 110 Å². The molecule has 4 nitrogen and oxygen atoms in total. The van der Waals surface area contributed by atoms with Gasteiger partial charge in [-0.05, 0) is 38.9 Å². The van der Waals surface area contributed by atoms with Crippen molar-refractivity contribution in [3.05, 3.63) is 0 Å². The van der Waals surface area contributed by atoms with Gasteiger partial charge in [0.25, 0.3) is 0 Å². The number of nitrogens with one attached hydrogen (secondary N) is 1. The second kappa shape index (κ2) is 7.84.